The molecule has 1 amide bonds. The summed E-state index contributed by atoms with van der Waals surface area (Å²) >= 11 is -2.31. The van der Waals surface area contributed by atoms with Crippen LogP contribution in [0.4, 0.5) is 0 Å². The molecule has 0 saturated heterocycles. The molecular formula is C20H26N2O2Sn. The fourth-order valence-electron chi connectivity index (χ4n) is 3.24. The molecule has 2 aromatic rings. The molecular weight excluding hydrogens is 419 g/mol. The standard InChI is InChI=1S/C17H17N2O2.3CH3.Sn/c1-17(2)14-5-4-10-18-15(14)16(20)19(17)11-12-6-8-13(21-3)9-7-12;;;;/h4-9H,11H2,1-3H3;3*1H3;. The number of ether oxygens (including phenoxy) is 1. The van der Waals surface area contributed by atoms with Crippen molar-refractivity contribution in [3.05, 3.63) is 53.2 Å². The Morgan fingerprint density at radius 1 is 1.08 bits per heavy atom. The molecule has 0 spiro atoms. The molecule has 1 aromatic heterocycles. The van der Waals surface area contributed by atoms with E-state index in [2.05, 4.69) is 40.8 Å². The van der Waals surface area contributed by atoms with Crippen LogP contribution in [0.2, 0.25) is 14.8 Å². The molecule has 1 aliphatic heterocycles. The maximum absolute atomic E-state index is 13.1. The first-order valence-corrected chi connectivity index (χ1v) is 18.6. The Morgan fingerprint density at radius 3 is 2.28 bits per heavy atom. The van der Waals surface area contributed by atoms with E-state index in [1.54, 1.807) is 7.11 Å². The first-order valence-electron chi connectivity index (χ1n) is 8.61. The van der Waals surface area contributed by atoms with Crippen molar-refractivity contribution in [2.45, 2.75) is 40.8 Å². The zero-order valence-corrected chi connectivity index (χ0v) is 18.7. The van der Waals surface area contributed by atoms with E-state index in [9.17, 15) is 4.79 Å². The summed E-state index contributed by atoms with van der Waals surface area (Å²) in [5, 5.41) is 0. The number of benzene rings is 1. The third-order valence-corrected chi connectivity index (χ3v) is 10.1. The van der Waals surface area contributed by atoms with E-state index >= 15 is 0 Å². The van der Waals surface area contributed by atoms with E-state index in [1.807, 2.05) is 29.2 Å². The van der Waals surface area contributed by atoms with Gasteiger partial charge in [0.15, 0.2) is 0 Å². The number of rotatable bonds is 4. The van der Waals surface area contributed by atoms with Crippen LogP contribution in [0, 0.1) is 0 Å². The molecule has 25 heavy (non-hydrogen) atoms. The number of hydrogen-bond donors (Lipinski definition) is 0. The summed E-state index contributed by atoms with van der Waals surface area (Å²) in [5.41, 5.74) is 2.41. The van der Waals surface area contributed by atoms with Gasteiger partial charge in [-0.2, -0.15) is 0 Å². The van der Waals surface area contributed by atoms with Gasteiger partial charge in [-0.15, -0.1) is 0 Å². The molecule has 0 fully saturated rings. The first-order chi connectivity index (χ1) is 11.6. The first kappa shape index (κ1) is 18.2. The van der Waals surface area contributed by atoms with E-state index < -0.39 is 18.4 Å². The van der Waals surface area contributed by atoms with E-state index in [1.165, 1.54) is 0 Å². The van der Waals surface area contributed by atoms with Crippen LogP contribution in [-0.2, 0) is 12.1 Å². The minimum atomic E-state index is -2.31. The van der Waals surface area contributed by atoms with Gasteiger partial charge >= 0.3 is 154 Å². The molecule has 1 aromatic carbocycles. The molecule has 2 heterocycles. The quantitative estimate of drug-likeness (QED) is 0.677. The fourth-order valence-corrected chi connectivity index (χ4v) is 6.18. The van der Waals surface area contributed by atoms with Gasteiger partial charge in [-0.3, -0.25) is 0 Å². The van der Waals surface area contributed by atoms with E-state index in [-0.39, 0.29) is 11.4 Å². The van der Waals surface area contributed by atoms with Crippen LogP contribution in [0.1, 0.15) is 35.5 Å². The third-order valence-electron chi connectivity index (χ3n) is 4.95. The summed E-state index contributed by atoms with van der Waals surface area (Å²) in [4.78, 5) is 26.8. The van der Waals surface area contributed by atoms with Crippen LogP contribution in [0.5, 0.6) is 5.75 Å². The maximum atomic E-state index is 13.1. The molecule has 0 saturated carbocycles. The Bertz CT molecular complexity index is 807. The molecule has 0 N–H and O–H groups in total. The molecule has 1 aliphatic rings. The van der Waals surface area contributed by atoms with Gasteiger partial charge in [0.25, 0.3) is 0 Å². The summed E-state index contributed by atoms with van der Waals surface area (Å²) < 4.78 is 6.37. The summed E-state index contributed by atoms with van der Waals surface area (Å²) in [6, 6.07) is 12.1. The molecule has 0 atom stereocenters. The molecule has 5 heteroatoms. The second kappa shape index (κ2) is 6.31. The zero-order chi connectivity index (χ0) is 18.4. The van der Waals surface area contributed by atoms with Crippen molar-refractivity contribution < 1.29 is 9.53 Å². The molecule has 0 aliphatic carbocycles. The van der Waals surface area contributed by atoms with Gasteiger partial charge in [0.05, 0.1) is 0 Å². The van der Waals surface area contributed by atoms with Gasteiger partial charge in [-0.05, 0) is 0 Å². The number of nitrogens with zero attached hydrogens (tertiary/aromatic N) is 2. The second-order valence-electron chi connectivity index (χ2n) is 8.14. The molecule has 132 valence electrons. The number of carbonyl (C=O) groups is 1. The number of fused-ring (bicyclic) bond motifs is 1. The van der Waals surface area contributed by atoms with E-state index in [0.717, 1.165) is 20.6 Å². The van der Waals surface area contributed by atoms with Gasteiger partial charge in [-0.25, -0.2) is 0 Å². The average Bonchev–Trinajstić information content (AvgIpc) is 2.75. The molecule has 4 nitrogen and oxygen atoms in total. The Balaban J connectivity index is 1.95. The fraction of sp³-hybridized carbons (Fsp3) is 0.400. The van der Waals surface area contributed by atoms with Gasteiger partial charge in [0, 0.05) is 0 Å². The van der Waals surface area contributed by atoms with Crippen molar-refractivity contribution in [3.63, 3.8) is 0 Å². The normalized spacial score (nSPS) is 16.1. The van der Waals surface area contributed by atoms with Gasteiger partial charge in [-0.1, -0.05) is 0 Å². The van der Waals surface area contributed by atoms with Crippen LogP contribution >= 0.6 is 0 Å². The Labute approximate surface area is 154 Å². The zero-order valence-electron chi connectivity index (χ0n) is 15.9. The minimum absolute atomic E-state index is 0.0354. The van der Waals surface area contributed by atoms with Crippen LogP contribution in [0.25, 0.3) is 0 Å². The van der Waals surface area contributed by atoms with E-state index in [0.29, 0.717) is 12.2 Å². The van der Waals surface area contributed by atoms with Crippen LogP contribution in [0.3, 0.4) is 0 Å². The van der Waals surface area contributed by atoms with Crippen molar-refractivity contribution in [1.29, 1.82) is 0 Å². The predicted molar refractivity (Wildman–Crippen MR) is 103 cm³/mol. The van der Waals surface area contributed by atoms with Crippen molar-refractivity contribution in [1.82, 2.24) is 9.88 Å². The molecule has 0 radical (unpaired) electrons. The number of hydrogen-bond acceptors (Lipinski definition) is 3. The van der Waals surface area contributed by atoms with Gasteiger partial charge in [0.2, 0.25) is 0 Å². The van der Waals surface area contributed by atoms with E-state index in [4.69, 9.17) is 9.72 Å². The number of amides is 1. The van der Waals surface area contributed by atoms with Crippen molar-refractivity contribution in [2.75, 3.05) is 7.11 Å². The monoisotopic (exact) mass is 446 g/mol. The van der Waals surface area contributed by atoms with Crippen LogP contribution in [-0.4, -0.2) is 41.3 Å². The summed E-state index contributed by atoms with van der Waals surface area (Å²) in [5.74, 6) is 0.858. The predicted octanol–water partition coefficient (Wildman–Crippen LogP) is 3.53. The molecule has 0 unspecified atom stereocenters. The van der Waals surface area contributed by atoms with Gasteiger partial charge in [0.1, 0.15) is 0 Å². The average molecular weight is 445 g/mol. The summed E-state index contributed by atoms with van der Waals surface area (Å²) in [7, 11) is 1.66. The summed E-state index contributed by atoms with van der Waals surface area (Å²) in [6.07, 6.45) is 0. The number of pyridine rings is 1. The number of carbonyl (C=O) groups excluding carboxylic acids is 1. The van der Waals surface area contributed by atoms with Crippen LogP contribution < -0.4 is 8.45 Å². The van der Waals surface area contributed by atoms with Crippen molar-refractivity contribution >= 4 is 28.0 Å². The SMILES string of the molecule is COc1ccc(CN2C(=O)c3n[c]([Sn]([CH3])([CH3])[CH3])ccc3C2(C)C)cc1. The molecule has 3 rings (SSSR count). The number of methoxy groups -OCH3 is 1. The Morgan fingerprint density at radius 2 is 1.72 bits per heavy atom. The second-order valence-corrected chi connectivity index (χ2v) is 22.4. The van der Waals surface area contributed by atoms with Crippen molar-refractivity contribution in [3.8, 4) is 5.75 Å². The Hall–Kier alpha value is -1.56. The third kappa shape index (κ3) is 3.28. The molecule has 0 bridgehead atoms. The van der Waals surface area contributed by atoms with Gasteiger partial charge < -0.3 is 0 Å². The van der Waals surface area contributed by atoms with Crippen molar-refractivity contribution in [2.24, 2.45) is 0 Å². The summed E-state index contributed by atoms with van der Waals surface area (Å²) in [6.45, 7) is 4.77. The number of aromatic nitrogens is 1. The Kier molecular flexibility index (Phi) is 4.60. The topological polar surface area (TPSA) is 42.4 Å². The van der Waals surface area contributed by atoms with Crippen LogP contribution in [0.15, 0.2) is 36.4 Å².